The Hall–Kier alpha value is -1.48. The summed E-state index contributed by atoms with van der Waals surface area (Å²) in [6, 6.07) is 9.12. The third-order valence-electron chi connectivity index (χ3n) is 3.97. The molecule has 1 heterocycles. The van der Waals surface area contributed by atoms with E-state index in [0.717, 1.165) is 14.5 Å². The fourth-order valence-corrected chi connectivity index (χ4v) is 4.56. The molecule has 0 bridgehead atoms. The number of likely N-dealkylation sites (N-methyl/N-ethyl adjacent to an activating group) is 1. The molecule has 1 saturated heterocycles. The molecule has 0 aliphatic carbocycles. The number of methoxy groups -OCH3 is 1. The maximum absolute atomic E-state index is 12.7. The van der Waals surface area contributed by atoms with E-state index in [1.165, 1.54) is 16.7 Å². The number of nitrogens with zero attached hydrogens (tertiary/aromatic N) is 2. The van der Waals surface area contributed by atoms with Crippen LogP contribution in [0.25, 0.3) is 6.08 Å². The number of thioether (sulfide) groups is 1. The Bertz CT molecular complexity index is 1030. The first kappa shape index (κ1) is 22.2. The van der Waals surface area contributed by atoms with Crippen LogP contribution in [0.15, 0.2) is 49.2 Å². The number of aliphatic imine (C=N–C) groups is 1. The van der Waals surface area contributed by atoms with Gasteiger partial charge in [0.05, 0.1) is 33.8 Å². The van der Waals surface area contributed by atoms with Crippen LogP contribution in [0.1, 0.15) is 12.5 Å². The van der Waals surface area contributed by atoms with Gasteiger partial charge in [0.1, 0.15) is 0 Å². The van der Waals surface area contributed by atoms with Gasteiger partial charge < -0.3 is 9.47 Å². The van der Waals surface area contributed by atoms with E-state index < -0.39 is 0 Å². The monoisotopic (exact) mass is 558 g/mol. The molecule has 1 fully saturated rings. The minimum Gasteiger partial charge on any atom is -0.493 e. The number of benzene rings is 2. The second-order valence-electron chi connectivity index (χ2n) is 5.93. The molecule has 9 heteroatoms. The maximum atomic E-state index is 12.7. The van der Waals surface area contributed by atoms with Crippen LogP contribution >= 0.6 is 55.2 Å². The molecule has 1 aliphatic rings. The van der Waals surface area contributed by atoms with Crippen LogP contribution in [-0.4, -0.2) is 36.7 Å². The maximum Gasteiger partial charge on any atom is 0.266 e. The molecule has 29 heavy (non-hydrogen) atoms. The molecule has 0 atom stereocenters. The Morgan fingerprint density at radius 3 is 2.66 bits per heavy atom. The molecular formula is C20H17Br2ClN2O3S. The average molecular weight is 561 g/mol. The average Bonchev–Trinajstić information content (AvgIpc) is 2.94. The van der Waals surface area contributed by atoms with Gasteiger partial charge in [-0.05, 0) is 92.5 Å². The summed E-state index contributed by atoms with van der Waals surface area (Å²) in [6.45, 7) is 2.43. The Balaban J connectivity index is 1.93. The fraction of sp³-hybridized carbons (Fsp3) is 0.200. The third kappa shape index (κ3) is 4.99. The molecule has 2 aromatic rings. The van der Waals surface area contributed by atoms with E-state index in [2.05, 4.69) is 36.9 Å². The van der Waals surface area contributed by atoms with E-state index in [1.54, 1.807) is 20.2 Å². The lowest BCUT2D eigenvalue weighted by atomic mass is 10.2. The number of carbonyl (C=O) groups excluding carboxylic acids is 1. The molecule has 152 valence electrons. The second-order valence-corrected chi connectivity index (χ2v) is 9.06. The number of hydrogen-bond donors (Lipinski definition) is 0. The topological polar surface area (TPSA) is 51.1 Å². The predicted octanol–water partition coefficient (Wildman–Crippen LogP) is 6.51. The highest BCUT2D eigenvalue weighted by molar-refractivity contribution is 9.10. The van der Waals surface area contributed by atoms with Gasteiger partial charge in [0.2, 0.25) is 0 Å². The zero-order chi connectivity index (χ0) is 21.1. The molecule has 1 aliphatic heterocycles. The molecule has 0 unspecified atom stereocenters. The molecule has 2 aromatic carbocycles. The van der Waals surface area contributed by atoms with Gasteiger partial charge in [-0.15, -0.1) is 0 Å². The van der Waals surface area contributed by atoms with Gasteiger partial charge in [-0.25, -0.2) is 4.99 Å². The summed E-state index contributed by atoms with van der Waals surface area (Å²) in [4.78, 5) is 19.3. The predicted molar refractivity (Wildman–Crippen MR) is 126 cm³/mol. The van der Waals surface area contributed by atoms with Crippen molar-refractivity contribution in [2.24, 2.45) is 4.99 Å². The Morgan fingerprint density at radius 1 is 1.24 bits per heavy atom. The van der Waals surface area contributed by atoms with Gasteiger partial charge in [-0.1, -0.05) is 11.6 Å². The van der Waals surface area contributed by atoms with Gasteiger partial charge in [-0.3, -0.25) is 9.69 Å². The first-order valence-electron chi connectivity index (χ1n) is 8.55. The van der Waals surface area contributed by atoms with Crippen molar-refractivity contribution in [1.29, 1.82) is 0 Å². The summed E-state index contributed by atoms with van der Waals surface area (Å²) in [5.41, 5.74) is 1.49. The van der Waals surface area contributed by atoms with Crippen molar-refractivity contribution in [3.8, 4) is 11.5 Å². The molecular weight excluding hydrogens is 544 g/mol. The minimum atomic E-state index is -0.124. The summed E-state index contributed by atoms with van der Waals surface area (Å²) in [6.07, 6.45) is 1.81. The van der Waals surface area contributed by atoms with Crippen LogP contribution in [0, 0.1) is 0 Å². The lowest BCUT2D eigenvalue weighted by molar-refractivity contribution is -0.121. The van der Waals surface area contributed by atoms with E-state index in [4.69, 9.17) is 21.1 Å². The summed E-state index contributed by atoms with van der Waals surface area (Å²) in [7, 11) is 3.28. The normalized spacial score (nSPS) is 16.8. The molecule has 0 aromatic heterocycles. The quantitative estimate of drug-likeness (QED) is 0.392. The van der Waals surface area contributed by atoms with Crippen molar-refractivity contribution in [2.75, 3.05) is 20.8 Å². The molecule has 1 amide bonds. The highest BCUT2D eigenvalue weighted by Gasteiger charge is 2.30. The highest BCUT2D eigenvalue weighted by Crippen LogP contribution is 2.39. The minimum absolute atomic E-state index is 0.124. The molecule has 0 saturated carbocycles. The van der Waals surface area contributed by atoms with Crippen LogP contribution < -0.4 is 9.47 Å². The fourth-order valence-electron chi connectivity index (χ4n) is 2.58. The number of hydrogen-bond acceptors (Lipinski definition) is 5. The SMILES string of the molecule is CCOc1c(Br)cc(/C=C2\SC(=Nc3ccc(Br)c(Cl)c3)N(C)C2=O)cc1OC. The molecule has 3 rings (SSSR count). The van der Waals surface area contributed by atoms with Crippen molar-refractivity contribution in [3.05, 3.63) is 54.8 Å². The van der Waals surface area contributed by atoms with E-state index in [0.29, 0.717) is 38.9 Å². The number of amidine groups is 1. The molecule has 5 nitrogen and oxygen atoms in total. The zero-order valence-corrected chi connectivity index (χ0v) is 20.6. The van der Waals surface area contributed by atoms with Gasteiger partial charge in [0.25, 0.3) is 5.91 Å². The Kier molecular flexibility index (Phi) is 7.32. The standard InChI is InChI=1S/C20H17Br2ClN2O3S/c1-4-28-18-14(22)7-11(8-16(18)27-3)9-17-19(26)25(2)20(29-17)24-12-5-6-13(21)15(23)10-12/h5-10H,4H2,1-3H3/b17-9-,24-20?. The van der Waals surface area contributed by atoms with Gasteiger partial charge in [-0.2, -0.15) is 0 Å². The summed E-state index contributed by atoms with van der Waals surface area (Å²) in [5.74, 6) is 1.10. The van der Waals surface area contributed by atoms with E-state index >= 15 is 0 Å². The summed E-state index contributed by atoms with van der Waals surface area (Å²) >= 11 is 14.3. The first-order chi connectivity index (χ1) is 13.8. The first-order valence-corrected chi connectivity index (χ1v) is 11.3. The second kappa shape index (κ2) is 9.55. The number of carbonyl (C=O) groups is 1. The smallest absolute Gasteiger partial charge is 0.266 e. The summed E-state index contributed by atoms with van der Waals surface area (Å²) < 4.78 is 12.6. The van der Waals surface area contributed by atoms with Crippen LogP contribution in [-0.2, 0) is 4.79 Å². The van der Waals surface area contributed by atoms with Crippen LogP contribution in [0.3, 0.4) is 0 Å². The highest BCUT2D eigenvalue weighted by atomic mass is 79.9. The molecule has 0 spiro atoms. The lowest BCUT2D eigenvalue weighted by Crippen LogP contribution is -2.23. The largest absolute Gasteiger partial charge is 0.493 e. The van der Waals surface area contributed by atoms with E-state index in [9.17, 15) is 4.79 Å². The van der Waals surface area contributed by atoms with E-state index in [-0.39, 0.29) is 5.91 Å². The third-order valence-corrected chi connectivity index (χ3v) is 6.85. The number of halogens is 3. The van der Waals surface area contributed by atoms with Gasteiger partial charge in [0, 0.05) is 11.5 Å². The lowest BCUT2D eigenvalue weighted by Gasteiger charge is -2.12. The van der Waals surface area contributed by atoms with Gasteiger partial charge in [0.15, 0.2) is 16.7 Å². The molecule has 0 N–H and O–H groups in total. The number of ether oxygens (including phenoxy) is 2. The van der Waals surface area contributed by atoms with Crippen molar-refractivity contribution in [3.63, 3.8) is 0 Å². The van der Waals surface area contributed by atoms with Crippen molar-refractivity contribution >= 4 is 78.1 Å². The molecule has 0 radical (unpaired) electrons. The Labute approximate surface area is 195 Å². The van der Waals surface area contributed by atoms with Gasteiger partial charge >= 0.3 is 0 Å². The number of rotatable bonds is 5. The summed E-state index contributed by atoms with van der Waals surface area (Å²) in [5, 5.41) is 1.14. The van der Waals surface area contributed by atoms with Crippen molar-refractivity contribution in [2.45, 2.75) is 6.92 Å². The number of amides is 1. The van der Waals surface area contributed by atoms with E-state index in [1.807, 2.05) is 37.3 Å². The van der Waals surface area contributed by atoms with Crippen molar-refractivity contribution in [1.82, 2.24) is 4.90 Å². The van der Waals surface area contributed by atoms with Crippen LogP contribution in [0.2, 0.25) is 5.02 Å². The zero-order valence-electron chi connectivity index (χ0n) is 15.8. The van der Waals surface area contributed by atoms with Crippen LogP contribution in [0.4, 0.5) is 5.69 Å². The Morgan fingerprint density at radius 2 is 2.00 bits per heavy atom. The van der Waals surface area contributed by atoms with Crippen LogP contribution in [0.5, 0.6) is 11.5 Å². The van der Waals surface area contributed by atoms with Crippen molar-refractivity contribution < 1.29 is 14.3 Å².